The summed E-state index contributed by atoms with van der Waals surface area (Å²) < 4.78 is 41.0. The van der Waals surface area contributed by atoms with Crippen LogP contribution in [0.1, 0.15) is 22.4 Å². The number of rotatable bonds is 6. The van der Waals surface area contributed by atoms with Gasteiger partial charge in [0, 0.05) is 53.7 Å². The first-order valence-electron chi connectivity index (χ1n) is 10.1. The molecular weight excluding hydrogens is 417 g/mol. The van der Waals surface area contributed by atoms with Crippen LogP contribution < -0.4 is 16.0 Å². The van der Waals surface area contributed by atoms with Crippen molar-refractivity contribution in [3.63, 3.8) is 0 Å². The summed E-state index contributed by atoms with van der Waals surface area (Å²) in [6.45, 7) is 2.19. The Hall–Kier alpha value is -3.81. The highest BCUT2D eigenvalue weighted by Gasteiger charge is 2.34. The lowest BCUT2D eigenvalue weighted by molar-refractivity contribution is -0.136. The minimum Gasteiger partial charge on any atom is -0.384 e. The van der Waals surface area contributed by atoms with Crippen LogP contribution in [0.4, 0.5) is 30.2 Å². The van der Waals surface area contributed by atoms with E-state index in [1.54, 1.807) is 24.4 Å². The number of alkyl halides is 3. The van der Waals surface area contributed by atoms with Crippen molar-refractivity contribution < 1.29 is 18.0 Å². The van der Waals surface area contributed by atoms with Crippen molar-refractivity contribution >= 4 is 28.5 Å². The lowest BCUT2D eigenvalue weighted by Gasteiger charge is -2.16. The highest BCUT2D eigenvalue weighted by atomic mass is 19.4. The Morgan fingerprint density at radius 3 is 2.69 bits per heavy atom. The number of carbonyl (C=O) groups is 1. The smallest absolute Gasteiger partial charge is 0.384 e. The summed E-state index contributed by atoms with van der Waals surface area (Å²) >= 11 is 0. The highest BCUT2D eigenvalue weighted by Crippen LogP contribution is 2.37. The second kappa shape index (κ2) is 8.74. The number of aromatic nitrogens is 1. The molecule has 3 aromatic rings. The first-order chi connectivity index (χ1) is 15.3. The monoisotopic (exact) mass is 438 g/mol. The molecule has 0 saturated carbocycles. The fourth-order valence-corrected chi connectivity index (χ4v) is 3.62. The van der Waals surface area contributed by atoms with Gasteiger partial charge < -0.3 is 16.0 Å². The van der Waals surface area contributed by atoms with E-state index in [4.69, 9.17) is 0 Å². The van der Waals surface area contributed by atoms with Gasteiger partial charge in [0.25, 0.3) is 5.91 Å². The quantitative estimate of drug-likeness (QED) is 0.447. The predicted octanol–water partition coefficient (Wildman–Crippen LogP) is 5.47. The minimum atomic E-state index is -4.54. The van der Waals surface area contributed by atoms with E-state index in [-0.39, 0.29) is 17.3 Å². The molecule has 8 heteroatoms. The Labute approximate surface area is 183 Å². The number of carbonyl (C=O) groups excluding carboxylic acids is 1. The van der Waals surface area contributed by atoms with Crippen molar-refractivity contribution in [3.8, 4) is 0 Å². The van der Waals surface area contributed by atoms with Crippen molar-refractivity contribution in [1.29, 1.82) is 0 Å². The summed E-state index contributed by atoms with van der Waals surface area (Å²) in [6, 6.07) is 14.9. The SMILES string of the molecule is Cc1cccc2c1C(=CNc1ccc(NCCc3ccccn3)c(C(F)(F)F)c1)C(=O)N2. The first-order valence-corrected chi connectivity index (χ1v) is 10.1. The zero-order valence-electron chi connectivity index (χ0n) is 17.3. The van der Waals surface area contributed by atoms with Crippen LogP contribution >= 0.6 is 0 Å². The van der Waals surface area contributed by atoms with E-state index in [1.165, 1.54) is 12.3 Å². The number of hydrogen-bond donors (Lipinski definition) is 3. The summed E-state index contributed by atoms with van der Waals surface area (Å²) in [5.74, 6) is -0.300. The maximum atomic E-state index is 13.7. The zero-order chi connectivity index (χ0) is 22.7. The summed E-state index contributed by atoms with van der Waals surface area (Å²) in [5, 5.41) is 8.46. The van der Waals surface area contributed by atoms with Crippen LogP contribution in [0.2, 0.25) is 0 Å². The zero-order valence-corrected chi connectivity index (χ0v) is 17.3. The van der Waals surface area contributed by atoms with Gasteiger partial charge in [-0.1, -0.05) is 18.2 Å². The topological polar surface area (TPSA) is 66.0 Å². The van der Waals surface area contributed by atoms with Crippen molar-refractivity contribution in [2.24, 2.45) is 0 Å². The van der Waals surface area contributed by atoms with Crippen LogP contribution in [0.25, 0.3) is 5.57 Å². The minimum absolute atomic E-state index is 0.00793. The first kappa shape index (κ1) is 21.4. The van der Waals surface area contributed by atoms with E-state index < -0.39 is 11.7 Å². The fourth-order valence-electron chi connectivity index (χ4n) is 3.62. The number of amides is 1. The Bertz CT molecular complexity index is 1170. The third-order valence-corrected chi connectivity index (χ3v) is 5.17. The molecule has 2 heterocycles. The molecule has 1 amide bonds. The molecular formula is C24H21F3N4O. The van der Waals surface area contributed by atoms with Crippen molar-refractivity contribution in [2.75, 3.05) is 22.5 Å². The van der Waals surface area contributed by atoms with Gasteiger partial charge in [0.2, 0.25) is 0 Å². The molecule has 0 aliphatic carbocycles. The molecule has 1 aliphatic heterocycles. The van der Waals surface area contributed by atoms with E-state index in [9.17, 15) is 18.0 Å². The van der Waals surface area contributed by atoms with Gasteiger partial charge in [-0.25, -0.2) is 0 Å². The van der Waals surface area contributed by atoms with Gasteiger partial charge in [0.05, 0.1) is 11.1 Å². The van der Waals surface area contributed by atoms with E-state index in [2.05, 4.69) is 20.9 Å². The van der Waals surface area contributed by atoms with Crippen LogP contribution in [-0.4, -0.2) is 17.4 Å². The third-order valence-electron chi connectivity index (χ3n) is 5.17. The lowest BCUT2D eigenvalue weighted by Crippen LogP contribution is -2.13. The Morgan fingerprint density at radius 2 is 1.94 bits per heavy atom. The second-order valence-corrected chi connectivity index (χ2v) is 7.41. The standard InChI is InChI=1S/C24H21F3N4O/c1-15-5-4-7-21-22(15)18(23(32)31-21)14-30-17-8-9-20(19(13-17)24(25,26)27)29-12-10-16-6-2-3-11-28-16/h2-9,11,13-14,29-30H,10,12H2,1H3,(H,31,32). The number of nitrogens with one attached hydrogen (secondary N) is 3. The summed E-state index contributed by atoms with van der Waals surface area (Å²) in [6.07, 6.45) is -0.946. The molecule has 0 bridgehead atoms. The molecule has 32 heavy (non-hydrogen) atoms. The number of benzene rings is 2. The number of nitrogens with zero attached hydrogens (tertiary/aromatic N) is 1. The highest BCUT2D eigenvalue weighted by molar-refractivity contribution is 6.32. The van der Waals surface area contributed by atoms with Crippen molar-refractivity contribution in [2.45, 2.75) is 19.5 Å². The van der Waals surface area contributed by atoms with Crippen LogP contribution in [0.15, 0.2) is 67.0 Å². The molecule has 4 rings (SSSR count). The Balaban J connectivity index is 1.53. The number of fused-ring (bicyclic) bond motifs is 1. The maximum absolute atomic E-state index is 13.7. The number of anilines is 3. The number of halogens is 3. The molecule has 0 saturated heterocycles. The predicted molar refractivity (Wildman–Crippen MR) is 119 cm³/mol. The van der Waals surface area contributed by atoms with Gasteiger partial charge in [0.1, 0.15) is 0 Å². The molecule has 0 radical (unpaired) electrons. The van der Waals surface area contributed by atoms with E-state index >= 15 is 0 Å². The van der Waals surface area contributed by atoms with Crippen LogP contribution in [0.3, 0.4) is 0 Å². The number of pyridine rings is 1. The van der Waals surface area contributed by atoms with Gasteiger partial charge in [-0.2, -0.15) is 13.2 Å². The second-order valence-electron chi connectivity index (χ2n) is 7.41. The lowest BCUT2D eigenvalue weighted by atomic mass is 10.0. The van der Waals surface area contributed by atoms with Gasteiger partial charge >= 0.3 is 6.18 Å². The molecule has 2 aromatic carbocycles. The summed E-state index contributed by atoms with van der Waals surface area (Å²) in [4.78, 5) is 16.5. The third kappa shape index (κ3) is 4.59. The van der Waals surface area contributed by atoms with Crippen LogP contribution in [0.5, 0.6) is 0 Å². The van der Waals surface area contributed by atoms with Crippen molar-refractivity contribution in [3.05, 3.63) is 89.4 Å². The van der Waals surface area contributed by atoms with E-state index in [1.807, 2.05) is 31.2 Å². The summed E-state index contributed by atoms with van der Waals surface area (Å²) in [7, 11) is 0. The molecule has 1 aromatic heterocycles. The van der Waals surface area contributed by atoms with Crippen molar-refractivity contribution in [1.82, 2.24) is 4.98 Å². The van der Waals surface area contributed by atoms with E-state index in [0.717, 1.165) is 22.9 Å². The van der Waals surface area contributed by atoms with Gasteiger partial charge in [-0.15, -0.1) is 0 Å². The molecule has 1 aliphatic rings. The fraction of sp³-hybridized carbons (Fsp3) is 0.167. The Kier molecular flexibility index (Phi) is 5.85. The molecule has 5 nitrogen and oxygen atoms in total. The molecule has 3 N–H and O–H groups in total. The molecule has 0 fully saturated rings. The molecule has 0 atom stereocenters. The van der Waals surface area contributed by atoms with Gasteiger partial charge in [0.15, 0.2) is 0 Å². The molecule has 0 unspecified atom stereocenters. The van der Waals surface area contributed by atoms with Gasteiger partial charge in [-0.05, 0) is 48.9 Å². The molecule has 164 valence electrons. The van der Waals surface area contributed by atoms with E-state index in [0.29, 0.717) is 24.2 Å². The average molecular weight is 438 g/mol. The number of hydrogen-bond acceptors (Lipinski definition) is 4. The normalized spacial score (nSPS) is 14.2. The maximum Gasteiger partial charge on any atom is 0.418 e. The largest absolute Gasteiger partial charge is 0.418 e. The molecule has 0 spiro atoms. The average Bonchev–Trinajstić information content (AvgIpc) is 3.09. The van der Waals surface area contributed by atoms with Crippen LogP contribution in [-0.2, 0) is 17.4 Å². The summed E-state index contributed by atoms with van der Waals surface area (Å²) in [5.41, 5.74) is 2.95. The number of aryl methyl sites for hydroxylation is 1. The van der Waals surface area contributed by atoms with Gasteiger partial charge in [-0.3, -0.25) is 9.78 Å². The van der Waals surface area contributed by atoms with Crippen LogP contribution in [0, 0.1) is 6.92 Å². The Morgan fingerprint density at radius 1 is 1.09 bits per heavy atom.